The van der Waals surface area contributed by atoms with Crippen LogP contribution in [0.2, 0.25) is 0 Å². The zero-order valence-corrected chi connectivity index (χ0v) is 16.0. The predicted molar refractivity (Wildman–Crippen MR) is 97.9 cm³/mol. The SMILES string of the molecule is Cc1cc(O[C@@H]2C[C@H](C)N(Cc3nc4c(cc3F)OCCO4)C2)c(C#N)s1. The van der Waals surface area contributed by atoms with E-state index in [4.69, 9.17) is 14.2 Å². The number of aromatic nitrogens is 1. The van der Waals surface area contributed by atoms with Gasteiger partial charge in [0, 0.05) is 36.5 Å². The molecular formula is C19H20FN3O3S. The lowest BCUT2D eigenvalue weighted by Crippen LogP contribution is -2.29. The Kier molecular flexibility index (Phi) is 4.89. The van der Waals surface area contributed by atoms with Crippen molar-refractivity contribution in [3.05, 3.63) is 33.4 Å². The minimum atomic E-state index is -0.393. The van der Waals surface area contributed by atoms with E-state index in [1.165, 1.54) is 17.4 Å². The van der Waals surface area contributed by atoms with Crippen LogP contribution < -0.4 is 14.2 Å². The second kappa shape index (κ2) is 7.33. The fraction of sp³-hybridized carbons (Fsp3) is 0.474. The van der Waals surface area contributed by atoms with Gasteiger partial charge in [-0.15, -0.1) is 11.3 Å². The third-order valence-electron chi connectivity index (χ3n) is 4.80. The number of nitriles is 1. The monoisotopic (exact) mass is 389 g/mol. The second-order valence-electron chi connectivity index (χ2n) is 6.83. The number of aryl methyl sites for hydroxylation is 1. The first-order valence-corrected chi connectivity index (χ1v) is 9.71. The smallest absolute Gasteiger partial charge is 0.257 e. The van der Waals surface area contributed by atoms with Gasteiger partial charge in [-0.3, -0.25) is 4.90 Å². The summed E-state index contributed by atoms with van der Waals surface area (Å²) >= 11 is 1.43. The van der Waals surface area contributed by atoms with E-state index in [1.54, 1.807) is 0 Å². The summed E-state index contributed by atoms with van der Waals surface area (Å²) in [6.45, 7) is 5.89. The summed E-state index contributed by atoms with van der Waals surface area (Å²) in [4.78, 5) is 8.08. The van der Waals surface area contributed by atoms with Crippen LogP contribution in [0.5, 0.6) is 17.4 Å². The Bertz CT molecular complexity index is 895. The fourth-order valence-electron chi connectivity index (χ4n) is 3.48. The molecule has 0 bridgehead atoms. The summed E-state index contributed by atoms with van der Waals surface area (Å²) < 4.78 is 31.3. The Morgan fingerprint density at radius 2 is 2.22 bits per heavy atom. The van der Waals surface area contributed by atoms with Gasteiger partial charge in [0.15, 0.2) is 5.75 Å². The fourth-order valence-corrected chi connectivity index (χ4v) is 4.22. The zero-order valence-electron chi connectivity index (χ0n) is 15.2. The molecule has 0 saturated carbocycles. The number of rotatable bonds is 4. The number of likely N-dealkylation sites (tertiary alicyclic amines) is 1. The molecule has 4 rings (SSSR count). The molecule has 0 unspecified atom stereocenters. The van der Waals surface area contributed by atoms with Gasteiger partial charge in [-0.05, 0) is 19.9 Å². The lowest BCUT2D eigenvalue weighted by atomic mass is 10.2. The maximum absolute atomic E-state index is 14.4. The van der Waals surface area contributed by atoms with E-state index in [9.17, 15) is 9.65 Å². The van der Waals surface area contributed by atoms with Crippen molar-refractivity contribution in [2.24, 2.45) is 0 Å². The third kappa shape index (κ3) is 3.70. The summed E-state index contributed by atoms with van der Waals surface area (Å²) in [5.41, 5.74) is 0.343. The molecule has 8 heteroatoms. The van der Waals surface area contributed by atoms with Crippen LogP contribution in [0.4, 0.5) is 4.39 Å². The van der Waals surface area contributed by atoms with Crippen LogP contribution >= 0.6 is 11.3 Å². The zero-order chi connectivity index (χ0) is 19.0. The molecule has 0 radical (unpaired) electrons. The highest BCUT2D eigenvalue weighted by Crippen LogP contribution is 2.33. The van der Waals surface area contributed by atoms with E-state index in [2.05, 4.69) is 22.9 Å². The molecule has 27 heavy (non-hydrogen) atoms. The summed E-state index contributed by atoms with van der Waals surface area (Å²) in [7, 11) is 0. The van der Waals surface area contributed by atoms with E-state index in [0.717, 1.165) is 11.3 Å². The minimum absolute atomic E-state index is 0.0404. The van der Waals surface area contributed by atoms with Crippen molar-refractivity contribution in [3.8, 4) is 23.4 Å². The summed E-state index contributed by atoms with van der Waals surface area (Å²) in [6.07, 6.45) is 0.771. The van der Waals surface area contributed by atoms with Crippen LogP contribution in [-0.4, -0.2) is 41.8 Å². The molecule has 1 saturated heterocycles. The number of pyridine rings is 1. The minimum Gasteiger partial charge on any atom is -0.487 e. The Balaban J connectivity index is 1.45. The highest BCUT2D eigenvalue weighted by atomic mass is 32.1. The first-order valence-electron chi connectivity index (χ1n) is 8.89. The third-order valence-corrected chi connectivity index (χ3v) is 5.73. The molecule has 1 fully saturated rings. The molecule has 4 heterocycles. The van der Waals surface area contributed by atoms with Gasteiger partial charge in [0.2, 0.25) is 0 Å². The molecule has 2 atom stereocenters. The topological polar surface area (TPSA) is 67.6 Å². The van der Waals surface area contributed by atoms with Gasteiger partial charge in [0.05, 0.1) is 5.69 Å². The molecular weight excluding hydrogens is 369 g/mol. The van der Waals surface area contributed by atoms with Crippen LogP contribution in [0.15, 0.2) is 12.1 Å². The highest BCUT2D eigenvalue weighted by molar-refractivity contribution is 7.12. The number of hydrogen-bond donors (Lipinski definition) is 0. The number of halogens is 1. The molecule has 0 N–H and O–H groups in total. The Labute approximate surface area is 161 Å². The lowest BCUT2D eigenvalue weighted by molar-refractivity contribution is 0.160. The molecule has 6 nitrogen and oxygen atoms in total. The molecule has 2 aliphatic rings. The molecule has 0 amide bonds. The number of ether oxygens (including phenoxy) is 3. The molecule has 2 aliphatic heterocycles. The van der Waals surface area contributed by atoms with Gasteiger partial charge in [-0.2, -0.15) is 5.26 Å². The van der Waals surface area contributed by atoms with E-state index < -0.39 is 5.82 Å². The van der Waals surface area contributed by atoms with Crippen LogP contribution in [0.25, 0.3) is 0 Å². The lowest BCUT2D eigenvalue weighted by Gasteiger charge is -2.22. The predicted octanol–water partition coefficient (Wildman–Crippen LogP) is 3.28. The van der Waals surface area contributed by atoms with Crippen molar-refractivity contribution in [1.29, 1.82) is 5.26 Å². The van der Waals surface area contributed by atoms with Crippen LogP contribution in [0, 0.1) is 24.1 Å². The van der Waals surface area contributed by atoms with Gasteiger partial charge in [0.1, 0.15) is 41.8 Å². The maximum Gasteiger partial charge on any atom is 0.257 e. The first-order chi connectivity index (χ1) is 13.0. The summed E-state index contributed by atoms with van der Waals surface area (Å²) in [5, 5.41) is 9.23. The van der Waals surface area contributed by atoms with E-state index >= 15 is 0 Å². The number of nitrogens with zero attached hydrogens (tertiary/aromatic N) is 3. The average molecular weight is 389 g/mol. The molecule has 0 aliphatic carbocycles. The Hall–Kier alpha value is -2.37. The average Bonchev–Trinajstić information content (AvgIpc) is 3.17. The van der Waals surface area contributed by atoms with Gasteiger partial charge >= 0.3 is 0 Å². The molecule has 0 spiro atoms. The van der Waals surface area contributed by atoms with Crippen molar-refractivity contribution in [1.82, 2.24) is 9.88 Å². The molecule has 2 aromatic rings. The normalized spacial score (nSPS) is 21.9. The van der Waals surface area contributed by atoms with Gasteiger partial charge in [-0.25, -0.2) is 9.37 Å². The number of fused-ring (bicyclic) bond motifs is 1. The van der Waals surface area contributed by atoms with Gasteiger partial charge in [0.25, 0.3) is 5.88 Å². The molecule has 2 aromatic heterocycles. The quantitative estimate of drug-likeness (QED) is 0.800. The highest BCUT2D eigenvalue weighted by Gasteiger charge is 2.32. The molecule has 0 aromatic carbocycles. The maximum atomic E-state index is 14.4. The van der Waals surface area contributed by atoms with Crippen molar-refractivity contribution in [2.45, 2.75) is 39.0 Å². The Morgan fingerprint density at radius 3 is 3.04 bits per heavy atom. The van der Waals surface area contributed by atoms with Crippen LogP contribution in [-0.2, 0) is 6.54 Å². The van der Waals surface area contributed by atoms with Crippen LogP contribution in [0.3, 0.4) is 0 Å². The van der Waals surface area contributed by atoms with Crippen molar-refractivity contribution < 1.29 is 18.6 Å². The number of thiophene rings is 1. The van der Waals surface area contributed by atoms with E-state index in [1.807, 2.05) is 13.0 Å². The van der Waals surface area contributed by atoms with Crippen molar-refractivity contribution >= 4 is 11.3 Å². The van der Waals surface area contributed by atoms with Crippen molar-refractivity contribution in [3.63, 3.8) is 0 Å². The first kappa shape index (κ1) is 18.0. The largest absolute Gasteiger partial charge is 0.487 e. The summed E-state index contributed by atoms with van der Waals surface area (Å²) in [5.74, 6) is 0.957. The van der Waals surface area contributed by atoms with E-state index in [0.29, 0.717) is 54.3 Å². The van der Waals surface area contributed by atoms with Crippen LogP contribution in [0.1, 0.15) is 28.8 Å². The van der Waals surface area contributed by atoms with Gasteiger partial charge in [-0.1, -0.05) is 0 Å². The number of hydrogen-bond acceptors (Lipinski definition) is 7. The summed E-state index contributed by atoms with van der Waals surface area (Å²) in [6, 6.07) is 5.65. The van der Waals surface area contributed by atoms with E-state index in [-0.39, 0.29) is 12.1 Å². The standard InChI is InChI=1S/C19H20FN3O3S/c1-11-5-13(26-16-6-12(2)27-18(16)8-21)9-23(11)10-15-14(20)7-17-19(22-15)25-4-3-24-17/h6-7,11,13H,3-5,9-10H2,1-2H3/t11-,13+/m0/s1. The van der Waals surface area contributed by atoms with Crippen molar-refractivity contribution in [2.75, 3.05) is 19.8 Å². The second-order valence-corrected chi connectivity index (χ2v) is 8.09. The van der Waals surface area contributed by atoms with Gasteiger partial charge < -0.3 is 14.2 Å². The molecule has 142 valence electrons. The Morgan fingerprint density at radius 1 is 1.41 bits per heavy atom.